The van der Waals surface area contributed by atoms with Crippen LogP contribution in [0.5, 0.6) is 0 Å². The van der Waals surface area contributed by atoms with Crippen molar-refractivity contribution >= 4 is 17.4 Å². The Morgan fingerprint density at radius 1 is 1.30 bits per heavy atom. The second-order valence-electron chi connectivity index (χ2n) is 5.54. The number of carbonyl (C=O) groups excluding carboxylic acids is 1. The first kappa shape index (κ1) is 15.5. The SMILES string of the molecule is Nc1ccc(NC(=O)C2CN(Cc3ccccc3)CCO2)cn1. The number of pyridine rings is 1. The van der Waals surface area contributed by atoms with Crippen molar-refractivity contribution in [2.75, 3.05) is 30.7 Å². The lowest BCUT2D eigenvalue weighted by atomic mass is 10.2. The summed E-state index contributed by atoms with van der Waals surface area (Å²) in [5.74, 6) is 0.264. The third-order valence-electron chi connectivity index (χ3n) is 3.75. The number of aromatic nitrogens is 1. The highest BCUT2D eigenvalue weighted by Crippen LogP contribution is 2.13. The van der Waals surface area contributed by atoms with Crippen LogP contribution in [0.3, 0.4) is 0 Å². The molecule has 3 rings (SSSR count). The summed E-state index contributed by atoms with van der Waals surface area (Å²) in [6.07, 6.45) is 1.06. The van der Waals surface area contributed by atoms with Gasteiger partial charge in [-0.15, -0.1) is 0 Å². The summed E-state index contributed by atoms with van der Waals surface area (Å²) < 4.78 is 5.60. The Bertz CT molecular complexity index is 645. The molecular formula is C17H20N4O2. The molecule has 1 amide bonds. The summed E-state index contributed by atoms with van der Waals surface area (Å²) in [6, 6.07) is 13.6. The van der Waals surface area contributed by atoms with E-state index in [0.29, 0.717) is 24.7 Å². The number of nitrogens with zero attached hydrogens (tertiary/aromatic N) is 2. The van der Waals surface area contributed by atoms with E-state index in [2.05, 4.69) is 27.3 Å². The number of nitrogens with one attached hydrogen (secondary N) is 1. The van der Waals surface area contributed by atoms with Crippen LogP contribution in [0.15, 0.2) is 48.7 Å². The van der Waals surface area contributed by atoms with Gasteiger partial charge in [-0.3, -0.25) is 9.69 Å². The van der Waals surface area contributed by atoms with Crippen molar-refractivity contribution < 1.29 is 9.53 Å². The molecule has 0 spiro atoms. The van der Waals surface area contributed by atoms with Gasteiger partial charge in [0.1, 0.15) is 11.9 Å². The molecule has 1 fully saturated rings. The number of amides is 1. The fourth-order valence-corrected chi connectivity index (χ4v) is 2.55. The van der Waals surface area contributed by atoms with E-state index in [0.717, 1.165) is 13.1 Å². The van der Waals surface area contributed by atoms with Crippen molar-refractivity contribution in [2.45, 2.75) is 12.6 Å². The number of morpholine rings is 1. The molecule has 1 aromatic heterocycles. The summed E-state index contributed by atoms with van der Waals surface area (Å²) in [6.45, 7) is 2.76. The van der Waals surface area contributed by atoms with Gasteiger partial charge in [0.05, 0.1) is 18.5 Å². The highest BCUT2D eigenvalue weighted by Gasteiger charge is 2.26. The lowest BCUT2D eigenvalue weighted by Crippen LogP contribution is -2.47. The first-order valence-corrected chi connectivity index (χ1v) is 7.61. The molecule has 23 heavy (non-hydrogen) atoms. The number of anilines is 2. The van der Waals surface area contributed by atoms with E-state index in [4.69, 9.17) is 10.5 Å². The second-order valence-corrected chi connectivity index (χ2v) is 5.54. The Hall–Kier alpha value is -2.44. The van der Waals surface area contributed by atoms with Gasteiger partial charge in [-0.2, -0.15) is 0 Å². The molecule has 6 heteroatoms. The fraction of sp³-hybridized carbons (Fsp3) is 0.294. The molecular weight excluding hydrogens is 292 g/mol. The Balaban J connectivity index is 1.57. The van der Waals surface area contributed by atoms with Crippen molar-refractivity contribution in [3.63, 3.8) is 0 Å². The minimum Gasteiger partial charge on any atom is -0.384 e. The van der Waals surface area contributed by atoms with Crippen molar-refractivity contribution in [1.29, 1.82) is 0 Å². The number of ether oxygens (including phenoxy) is 1. The van der Waals surface area contributed by atoms with Crippen molar-refractivity contribution in [3.8, 4) is 0 Å². The number of hydrogen-bond acceptors (Lipinski definition) is 5. The minimum atomic E-state index is -0.481. The monoisotopic (exact) mass is 312 g/mol. The van der Waals surface area contributed by atoms with E-state index in [1.807, 2.05) is 18.2 Å². The van der Waals surface area contributed by atoms with Gasteiger partial charge < -0.3 is 15.8 Å². The molecule has 1 saturated heterocycles. The predicted octanol–water partition coefficient (Wildman–Crippen LogP) is 1.50. The van der Waals surface area contributed by atoms with E-state index in [1.54, 1.807) is 12.1 Å². The van der Waals surface area contributed by atoms with Crippen LogP contribution < -0.4 is 11.1 Å². The quantitative estimate of drug-likeness (QED) is 0.894. The highest BCUT2D eigenvalue weighted by molar-refractivity contribution is 5.94. The van der Waals surface area contributed by atoms with Crippen LogP contribution in [-0.2, 0) is 16.1 Å². The van der Waals surface area contributed by atoms with E-state index in [9.17, 15) is 4.79 Å². The normalized spacial score (nSPS) is 18.5. The maximum Gasteiger partial charge on any atom is 0.254 e. The van der Waals surface area contributed by atoms with Crippen LogP contribution in [0, 0.1) is 0 Å². The molecule has 1 aliphatic rings. The summed E-state index contributed by atoms with van der Waals surface area (Å²) in [5, 5.41) is 2.81. The summed E-state index contributed by atoms with van der Waals surface area (Å²) in [7, 11) is 0. The van der Waals surface area contributed by atoms with Crippen molar-refractivity contribution in [1.82, 2.24) is 9.88 Å². The molecule has 1 unspecified atom stereocenters. The van der Waals surface area contributed by atoms with Gasteiger partial charge in [-0.05, 0) is 17.7 Å². The molecule has 0 radical (unpaired) electrons. The van der Waals surface area contributed by atoms with Gasteiger partial charge in [-0.1, -0.05) is 30.3 Å². The Morgan fingerprint density at radius 3 is 2.87 bits per heavy atom. The van der Waals surface area contributed by atoms with Gasteiger partial charge >= 0.3 is 0 Å². The molecule has 3 N–H and O–H groups in total. The minimum absolute atomic E-state index is 0.158. The zero-order valence-corrected chi connectivity index (χ0v) is 12.8. The van der Waals surface area contributed by atoms with E-state index in [-0.39, 0.29) is 5.91 Å². The zero-order valence-electron chi connectivity index (χ0n) is 12.8. The zero-order chi connectivity index (χ0) is 16.1. The van der Waals surface area contributed by atoms with E-state index in [1.165, 1.54) is 11.8 Å². The van der Waals surface area contributed by atoms with Gasteiger partial charge in [0, 0.05) is 19.6 Å². The third kappa shape index (κ3) is 4.28. The number of hydrogen-bond donors (Lipinski definition) is 2. The van der Waals surface area contributed by atoms with Crippen LogP contribution in [-0.4, -0.2) is 41.6 Å². The lowest BCUT2D eigenvalue weighted by molar-refractivity contribution is -0.133. The average molecular weight is 312 g/mol. The van der Waals surface area contributed by atoms with Gasteiger partial charge in [0.15, 0.2) is 0 Å². The summed E-state index contributed by atoms with van der Waals surface area (Å²) in [4.78, 5) is 18.5. The summed E-state index contributed by atoms with van der Waals surface area (Å²) in [5.41, 5.74) is 7.39. The topological polar surface area (TPSA) is 80.5 Å². The molecule has 2 aromatic rings. The molecule has 1 atom stereocenters. The molecule has 2 heterocycles. The summed E-state index contributed by atoms with van der Waals surface area (Å²) >= 11 is 0. The molecule has 1 aromatic carbocycles. The first-order chi connectivity index (χ1) is 11.2. The van der Waals surface area contributed by atoms with Crippen LogP contribution in [0.1, 0.15) is 5.56 Å². The Labute approximate surface area is 135 Å². The van der Waals surface area contributed by atoms with Crippen molar-refractivity contribution in [2.24, 2.45) is 0 Å². The molecule has 0 aliphatic carbocycles. The largest absolute Gasteiger partial charge is 0.384 e. The third-order valence-corrected chi connectivity index (χ3v) is 3.75. The van der Waals surface area contributed by atoms with Crippen LogP contribution in [0.2, 0.25) is 0 Å². The second kappa shape index (κ2) is 7.21. The maximum absolute atomic E-state index is 12.3. The number of benzene rings is 1. The van der Waals surface area contributed by atoms with Crippen LogP contribution in [0.4, 0.5) is 11.5 Å². The Kier molecular flexibility index (Phi) is 4.85. The molecule has 1 aliphatic heterocycles. The smallest absolute Gasteiger partial charge is 0.254 e. The standard InChI is InChI=1S/C17H20N4O2/c18-16-7-6-14(10-19-16)20-17(22)15-12-21(8-9-23-15)11-13-4-2-1-3-5-13/h1-7,10,15H,8-9,11-12H2,(H2,18,19)(H,20,22). The van der Waals surface area contributed by atoms with Crippen molar-refractivity contribution in [3.05, 3.63) is 54.2 Å². The van der Waals surface area contributed by atoms with E-state index < -0.39 is 6.10 Å². The molecule has 0 bridgehead atoms. The van der Waals surface area contributed by atoms with Crippen LogP contribution in [0.25, 0.3) is 0 Å². The van der Waals surface area contributed by atoms with Gasteiger partial charge in [0.2, 0.25) is 0 Å². The lowest BCUT2D eigenvalue weighted by Gasteiger charge is -2.32. The Morgan fingerprint density at radius 2 is 2.13 bits per heavy atom. The van der Waals surface area contributed by atoms with E-state index >= 15 is 0 Å². The molecule has 120 valence electrons. The molecule has 6 nitrogen and oxygen atoms in total. The number of nitrogens with two attached hydrogens (primary N) is 1. The highest BCUT2D eigenvalue weighted by atomic mass is 16.5. The maximum atomic E-state index is 12.3. The number of nitrogen functional groups attached to an aromatic ring is 1. The van der Waals surface area contributed by atoms with Gasteiger partial charge in [0.25, 0.3) is 5.91 Å². The fourth-order valence-electron chi connectivity index (χ4n) is 2.55. The van der Waals surface area contributed by atoms with Gasteiger partial charge in [-0.25, -0.2) is 4.98 Å². The number of carbonyl (C=O) groups is 1. The van der Waals surface area contributed by atoms with Crippen LogP contribution >= 0.6 is 0 Å². The molecule has 0 saturated carbocycles. The first-order valence-electron chi connectivity index (χ1n) is 7.61. The average Bonchev–Trinajstić information content (AvgIpc) is 2.58. The predicted molar refractivity (Wildman–Crippen MR) is 88.7 cm³/mol. The number of rotatable bonds is 4.